The van der Waals surface area contributed by atoms with Gasteiger partial charge in [-0.05, 0) is 43.7 Å². The quantitative estimate of drug-likeness (QED) is 0.243. The van der Waals surface area contributed by atoms with Gasteiger partial charge in [-0.2, -0.15) is 5.26 Å². The topological polar surface area (TPSA) is 98.5 Å². The van der Waals surface area contributed by atoms with Gasteiger partial charge in [0.25, 0.3) is 0 Å². The number of ether oxygens (including phenoxy) is 2. The molecule has 4 aromatic rings. The highest BCUT2D eigenvalue weighted by atomic mass is 35.5. The molecule has 0 fully saturated rings. The molecule has 0 saturated heterocycles. The molecule has 5 rings (SSSR count). The summed E-state index contributed by atoms with van der Waals surface area (Å²) in [5.41, 5.74) is 9.74. The molecule has 0 bridgehead atoms. The average Bonchev–Trinajstić information content (AvgIpc) is 3.14. The van der Waals surface area contributed by atoms with Gasteiger partial charge in [-0.15, -0.1) is 0 Å². The maximum atomic E-state index is 12.9. The predicted octanol–water partition coefficient (Wildman–Crippen LogP) is 6.79. The van der Waals surface area contributed by atoms with E-state index in [1.54, 1.807) is 37.3 Å². The molecular weight excluding hydrogens is 487 g/mol. The molecule has 35 heavy (non-hydrogen) atoms. The van der Waals surface area contributed by atoms with E-state index in [2.05, 4.69) is 6.07 Å². The van der Waals surface area contributed by atoms with Crippen molar-refractivity contribution in [3.05, 3.63) is 104 Å². The van der Waals surface area contributed by atoms with E-state index < -0.39 is 11.9 Å². The van der Waals surface area contributed by atoms with Gasteiger partial charge in [-0.1, -0.05) is 47.5 Å². The van der Waals surface area contributed by atoms with E-state index in [1.165, 1.54) is 6.07 Å². The summed E-state index contributed by atoms with van der Waals surface area (Å²) in [6.07, 6.45) is 0. The van der Waals surface area contributed by atoms with Crippen LogP contribution in [0.2, 0.25) is 10.0 Å². The second kappa shape index (κ2) is 8.70. The first-order valence-electron chi connectivity index (χ1n) is 10.7. The summed E-state index contributed by atoms with van der Waals surface area (Å²) in [5.74, 6) is -0.689. The maximum absolute atomic E-state index is 12.9. The van der Waals surface area contributed by atoms with Crippen molar-refractivity contribution in [3.63, 3.8) is 0 Å². The van der Waals surface area contributed by atoms with E-state index in [0.717, 1.165) is 10.9 Å². The summed E-state index contributed by atoms with van der Waals surface area (Å²) in [4.78, 5) is 12.9. The van der Waals surface area contributed by atoms with Gasteiger partial charge >= 0.3 is 5.97 Å². The lowest BCUT2D eigenvalue weighted by molar-refractivity contribution is 0.0702. The van der Waals surface area contributed by atoms with Gasteiger partial charge in [0.15, 0.2) is 0 Å². The Morgan fingerprint density at radius 2 is 1.83 bits per heavy atom. The second-order valence-corrected chi connectivity index (χ2v) is 9.02. The van der Waals surface area contributed by atoms with Gasteiger partial charge < -0.3 is 19.6 Å². The Hall–Kier alpha value is -3.92. The molecule has 174 valence electrons. The number of aryl methyl sites for hydroxylation is 2. The van der Waals surface area contributed by atoms with Gasteiger partial charge in [-0.25, -0.2) is 4.79 Å². The first kappa shape index (κ1) is 22.9. The zero-order valence-electron chi connectivity index (χ0n) is 18.7. The minimum atomic E-state index is -0.643. The number of esters is 1. The Labute approximate surface area is 211 Å². The summed E-state index contributed by atoms with van der Waals surface area (Å²) in [6.45, 7) is 3.75. The van der Waals surface area contributed by atoms with Crippen LogP contribution in [0.4, 0.5) is 0 Å². The van der Waals surface area contributed by atoms with Crippen LogP contribution in [0.5, 0.6) is 11.5 Å². The zero-order chi connectivity index (χ0) is 24.9. The summed E-state index contributed by atoms with van der Waals surface area (Å²) >= 11 is 12.9. The molecule has 8 heteroatoms. The van der Waals surface area contributed by atoms with E-state index >= 15 is 0 Å². The van der Waals surface area contributed by atoms with E-state index in [9.17, 15) is 10.1 Å². The number of allylic oxidation sites excluding steroid dienone is 1. The molecule has 0 saturated carbocycles. The normalized spacial score (nSPS) is 14.9. The smallest absolute Gasteiger partial charge is 0.379 e. The van der Waals surface area contributed by atoms with Crippen LogP contribution in [0, 0.1) is 25.2 Å². The van der Waals surface area contributed by atoms with Crippen LogP contribution in [-0.2, 0) is 0 Å². The number of benzene rings is 3. The molecule has 1 aliphatic rings. The molecule has 2 heterocycles. The Morgan fingerprint density at radius 1 is 1.09 bits per heavy atom. The van der Waals surface area contributed by atoms with Crippen LogP contribution < -0.4 is 15.2 Å². The Balaban J connectivity index is 1.52. The van der Waals surface area contributed by atoms with Crippen molar-refractivity contribution >= 4 is 40.1 Å². The van der Waals surface area contributed by atoms with Crippen molar-refractivity contribution in [1.82, 2.24) is 0 Å². The number of fused-ring (bicyclic) bond motifs is 2. The minimum absolute atomic E-state index is 0.0760. The van der Waals surface area contributed by atoms with Crippen molar-refractivity contribution < 1.29 is 18.7 Å². The zero-order valence-corrected chi connectivity index (χ0v) is 20.2. The first-order valence-corrected chi connectivity index (χ1v) is 11.4. The van der Waals surface area contributed by atoms with Crippen molar-refractivity contribution in [1.29, 1.82) is 5.26 Å². The lowest BCUT2D eigenvalue weighted by Crippen LogP contribution is -2.21. The van der Waals surface area contributed by atoms with Crippen LogP contribution in [-0.4, -0.2) is 5.97 Å². The van der Waals surface area contributed by atoms with Crippen molar-refractivity contribution in [2.75, 3.05) is 0 Å². The van der Waals surface area contributed by atoms with Gasteiger partial charge in [0.1, 0.15) is 28.7 Å². The lowest BCUT2D eigenvalue weighted by Gasteiger charge is -2.27. The standard InChI is InChI=1S/C27H18Cl2N2O4/c1-13-6-8-16-14(2)25(34-21(16)10-13)27(32)33-15-7-9-17-22(11-15)35-26(31)18(12-30)23(17)24-19(28)4-3-5-20(24)29/h3-11,23H,31H2,1-2H3. The van der Waals surface area contributed by atoms with Gasteiger partial charge in [0, 0.05) is 38.2 Å². The van der Waals surface area contributed by atoms with E-state index in [0.29, 0.717) is 38.1 Å². The summed E-state index contributed by atoms with van der Waals surface area (Å²) in [6, 6.07) is 17.8. The fourth-order valence-corrected chi connectivity index (χ4v) is 4.88. The molecule has 2 N–H and O–H groups in total. The van der Waals surface area contributed by atoms with Crippen LogP contribution in [0.1, 0.15) is 38.7 Å². The van der Waals surface area contributed by atoms with Gasteiger partial charge in [-0.3, -0.25) is 0 Å². The molecular formula is C27H18Cl2N2O4. The molecule has 6 nitrogen and oxygen atoms in total. The Kier molecular flexibility index (Phi) is 5.68. The molecule has 0 radical (unpaired) electrons. The molecule has 1 aromatic heterocycles. The molecule has 1 unspecified atom stereocenters. The van der Waals surface area contributed by atoms with Gasteiger partial charge in [0.05, 0.1) is 5.92 Å². The molecule has 0 aliphatic carbocycles. The number of carbonyl (C=O) groups is 1. The SMILES string of the molecule is Cc1ccc2c(C)c(C(=O)Oc3ccc4c(c3)OC(N)=C(C#N)C4c3c(Cl)cccc3Cl)oc2c1. The van der Waals surface area contributed by atoms with Crippen molar-refractivity contribution in [2.45, 2.75) is 19.8 Å². The summed E-state index contributed by atoms with van der Waals surface area (Å²) in [7, 11) is 0. The number of hydrogen-bond acceptors (Lipinski definition) is 6. The average molecular weight is 505 g/mol. The minimum Gasteiger partial charge on any atom is -0.449 e. The number of nitrogens with zero attached hydrogens (tertiary/aromatic N) is 1. The number of nitriles is 1. The molecule has 1 aliphatic heterocycles. The van der Waals surface area contributed by atoms with Crippen molar-refractivity contribution in [3.8, 4) is 17.6 Å². The predicted molar refractivity (Wildman–Crippen MR) is 133 cm³/mol. The Bertz CT molecular complexity index is 1580. The first-order chi connectivity index (χ1) is 16.8. The largest absolute Gasteiger partial charge is 0.449 e. The van der Waals surface area contributed by atoms with Crippen LogP contribution in [0.15, 0.2) is 70.5 Å². The van der Waals surface area contributed by atoms with E-state index in [-0.39, 0.29) is 23.0 Å². The highest BCUT2D eigenvalue weighted by Crippen LogP contribution is 2.47. The second-order valence-electron chi connectivity index (χ2n) is 8.21. The number of nitrogens with two attached hydrogens (primary N) is 1. The maximum Gasteiger partial charge on any atom is 0.379 e. The highest BCUT2D eigenvalue weighted by molar-refractivity contribution is 6.36. The number of hydrogen-bond donors (Lipinski definition) is 1. The fourth-order valence-electron chi connectivity index (χ4n) is 4.26. The van der Waals surface area contributed by atoms with Crippen LogP contribution in [0.25, 0.3) is 11.0 Å². The summed E-state index contributed by atoms with van der Waals surface area (Å²) < 4.78 is 17.1. The van der Waals surface area contributed by atoms with Crippen molar-refractivity contribution in [2.24, 2.45) is 5.73 Å². The summed E-state index contributed by atoms with van der Waals surface area (Å²) in [5, 5.41) is 11.4. The van der Waals surface area contributed by atoms with Gasteiger partial charge in [0.2, 0.25) is 11.6 Å². The third-order valence-corrected chi connectivity index (χ3v) is 6.63. The molecule has 3 aromatic carbocycles. The fraction of sp³-hybridized carbons (Fsp3) is 0.111. The highest BCUT2D eigenvalue weighted by Gasteiger charge is 2.34. The van der Waals surface area contributed by atoms with Crippen LogP contribution in [0.3, 0.4) is 0 Å². The molecule has 0 amide bonds. The van der Waals surface area contributed by atoms with E-state index in [1.807, 2.05) is 25.1 Å². The third-order valence-electron chi connectivity index (χ3n) is 5.97. The lowest BCUT2D eigenvalue weighted by atomic mass is 9.83. The molecule has 1 atom stereocenters. The number of halogens is 2. The van der Waals surface area contributed by atoms with Crippen LogP contribution >= 0.6 is 23.2 Å². The van der Waals surface area contributed by atoms with E-state index in [4.69, 9.17) is 42.8 Å². The Morgan fingerprint density at radius 3 is 2.54 bits per heavy atom. The third kappa shape index (κ3) is 3.89. The number of furan rings is 1. The number of carbonyl (C=O) groups excluding carboxylic acids is 1. The monoisotopic (exact) mass is 504 g/mol. The molecule has 0 spiro atoms. The number of rotatable bonds is 3.